The van der Waals surface area contributed by atoms with Crippen LogP contribution < -0.4 is 10.6 Å². The summed E-state index contributed by atoms with van der Waals surface area (Å²) in [4.78, 5) is 14.6. The van der Waals surface area contributed by atoms with Gasteiger partial charge in [-0.05, 0) is 67.4 Å². The molecule has 2 N–H and O–H groups in total. The second kappa shape index (κ2) is 7.68. The lowest BCUT2D eigenvalue weighted by Crippen LogP contribution is -2.25. The van der Waals surface area contributed by atoms with Gasteiger partial charge in [-0.25, -0.2) is 0 Å². The van der Waals surface area contributed by atoms with Gasteiger partial charge in [0.1, 0.15) is 0 Å². The summed E-state index contributed by atoms with van der Waals surface area (Å²) in [5.41, 5.74) is 4.05. The lowest BCUT2D eigenvalue weighted by molar-refractivity contribution is 0.0955. The number of nitrogens with one attached hydrogen (secondary N) is 2. The number of amides is 1. The fourth-order valence-corrected chi connectivity index (χ4v) is 4.81. The maximum Gasteiger partial charge on any atom is 0.261 e. The summed E-state index contributed by atoms with van der Waals surface area (Å²) in [7, 11) is 0. The minimum atomic E-state index is 0. The highest BCUT2D eigenvalue weighted by atomic mass is 35.5. The molecule has 1 amide bonds. The van der Waals surface area contributed by atoms with E-state index in [-0.39, 0.29) is 18.3 Å². The summed E-state index contributed by atoms with van der Waals surface area (Å²) in [5.74, 6) is 0.812. The predicted molar refractivity (Wildman–Crippen MR) is 102 cm³/mol. The van der Waals surface area contributed by atoms with Crippen molar-refractivity contribution in [2.45, 2.75) is 25.7 Å². The Bertz CT molecular complexity index is 722. The van der Waals surface area contributed by atoms with Gasteiger partial charge in [-0.15, -0.1) is 23.7 Å². The van der Waals surface area contributed by atoms with Crippen LogP contribution in [0.4, 0.5) is 0 Å². The number of hydrogen-bond donors (Lipinski definition) is 2. The molecule has 1 atom stereocenters. The zero-order chi connectivity index (χ0) is 15.6. The summed E-state index contributed by atoms with van der Waals surface area (Å²) in [6, 6.07) is 10.7. The molecule has 1 aliphatic carbocycles. The number of rotatable bonds is 4. The first-order chi connectivity index (χ1) is 11.3. The Hall–Kier alpha value is -1.36. The van der Waals surface area contributed by atoms with Crippen LogP contribution in [-0.4, -0.2) is 25.5 Å². The Kier molecular flexibility index (Phi) is 5.59. The van der Waals surface area contributed by atoms with Crippen molar-refractivity contribution < 1.29 is 4.79 Å². The van der Waals surface area contributed by atoms with Crippen molar-refractivity contribution in [1.82, 2.24) is 10.6 Å². The molecule has 0 spiro atoms. The zero-order valence-electron chi connectivity index (χ0n) is 13.6. The molecule has 24 heavy (non-hydrogen) atoms. The summed E-state index contributed by atoms with van der Waals surface area (Å²) < 4.78 is 0. The molecule has 128 valence electrons. The highest BCUT2D eigenvalue weighted by Crippen LogP contribution is 2.39. The molecule has 2 aromatic rings. The molecule has 2 heterocycles. The summed E-state index contributed by atoms with van der Waals surface area (Å²) in [6.07, 6.45) is 4.44. The van der Waals surface area contributed by atoms with Crippen molar-refractivity contribution in [2.75, 3.05) is 19.6 Å². The first-order valence-corrected chi connectivity index (χ1v) is 9.33. The molecular weight excluding hydrogens is 340 g/mol. The number of thiophene rings is 1. The number of fused-ring (bicyclic) bond motifs is 3. The molecule has 1 unspecified atom stereocenters. The van der Waals surface area contributed by atoms with E-state index >= 15 is 0 Å². The largest absolute Gasteiger partial charge is 0.351 e. The molecule has 1 aliphatic heterocycles. The van der Waals surface area contributed by atoms with Crippen molar-refractivity contribution >= 4 is 29.7 Å². The van der Waals surface area contributed by atoms with E-state index in [1.54, 1.807) is 11.3 Å². The number of hydrogen-bond acceptors (Lipinski definition) is 3. The van der Waals surface area contributed by atoms with E-state index in [0.717, 1.165) is 49.7 Å². The average Bonchev–Trinajstić information content (AvgIpc) is 3.24. The molecule has 1 saturated heterocycles. The molecule has 3 nitrogen and oxygen atoms in total. The van der Waals surface area contributed by atoms with Gasteiger partial charge in [0.2, 0.25) is 0 Å². The van der Waals surface area contributed by atoms with Gasteiger partial charge in [0.15, 0.2) is 0 Å². The lowest BCUT2D eigenvalue weighted by atomic mass is 9.91. The zero-order valence-corrected chi connectivity index (χ0v) is 15.3. The van der Waals surface area contributed by atoms with Gasteiger partial charge in [-0.1, -0.05) is 24.3 Å². The molecule has 5 heteroatoms. The molecule has 0 saturated carbocycles. The van der Waals surface area contributed by atoms with Crippen molar-refractivity contribution in [2.24, 2.45) is 5.92 Å². The first kappa shape index (κ1) is 17.5. The van der Waals surface area contributed by atoms with Crippen LogP contribution in [0.5, 0.6) is 0 Å². The van der Waals surface area contributed by atoms with Gasteiger partial charge in [-0.3, -0.25) is 4.79 Å². The van der Waals surface area contributed by atoms with Crippen molar-refractivity contribution in [3.63, 3.8) is 0 Å². The fraction of sp³-hybridized carbons (Fsp3) is 0.421. The molecule has 0 radical (unpaired) electrons. The number of halogens is 1. The average molecular weight is 363 g/mol. The number of aryl methyl sites for hydroxylation is 2. The van der Waals surface area contributed by atoms with Crippen LogP contribution in [-0.2, 0) is 12.8 Å². The molecule has 1 fully saturated rings. The predicted octanol–water partition coefficient (Wildman–Crippen LogP) is 3.66. The standard InChI is InChI=1S/C19H22N2OS.ClH/c22-19(21-10-8-13-7-9-20-12-13)17-11-15-6-5-14-3-1-2-4-16(14)18(15)23-17;/h1-4,11,13,20H,5-10,12H2,(H,21,22);1H. The normalized spacial score (nSPS) is 18.4. The number of carbonyl (C=O) groups excluding carboxylic acids is 1. The van der Waals surface area contributed by atoms with E-state index in [0.29, 0.717) is 0 Å². The quantitative estimate of drug-likeness (QED) is 0.871. The second-order valence-electron chi connectivity index (χ2n) is 6.53. The molecular formula is C19H23ClN2OS. The van der Waals surface area contributed by atoms with Gasteiger partial charge >= 0.3 is 0 Å². The van der Waals surface area contributed by atoms with Gasteiger partial charge < -0.3 is 10.6 Å². The van der Waals surface area contributed by atoms with Crippen LogP contribution in [0, 0.1) is 5.92 Å². The highest BCUT2D eigenvalue weighted by Gasteiger charge is 2.21. The van der Waals surface area contributed by atoms with Crippen molar-refractivity contribution in [3.8, 4) is 10.4 Å². The van der Waals surface area contributed by atoms with Crippen LogP contribution in [0.25, 0.3) is 10.4 Å². The summed E-state index contributed by atoms with van der Waals surface area (Å²) in [5, 5.41) is 6.48. The summed E-state index contributed by atoms with van der Waals surface area (Å²) >= 11 is 1.64. The van der Waals surface area contributed by atoms with E-state index in [9.17, 15) is 4.79 Å². The second-order valence-corrected chi connectivity index (χ2v) is 7.58. The maximum absolute atomic E-state index is 12.4. The Morgan fingerprint density at radius 2 is 2.08 bits per heavy atom. The summed E-state index contributed by atoms with van der Waals surface area (Å²) in [6.45, 7) is 3.00. The van der Waals surface area contributed by atoms with E-state index in [1.807, 2.05) is 0 Å². The number of benzene rings is 1. The van der Waals surface area contributed by atoms with Crippen LogP contribution in [0.3, 0.4) is 0 Å². The Morgan fingerprint density at radius 1 is 1.25 bits per heavy atom. The Labute approximate surface area is 153 Å². The third kappa shape index (κ3) is 3.51. The smallest absolute Gasteiger partial charge is 0.261 e. The Morgan fingerprint density at radius 3 is 2.92 bits per heavy atom. The van der Waals surface area contributed by atoms with Gasteiger partial charge in [0, 0.05) is 11.4 Å². The molecule has 2 aliphatic rings. The minimum Gasteiger partial charge on any atom is -0.351 e. The van der Waals surface area contributed by atoms with Crippen LogP contribution in [0.15, 0.2) is 30.3 Å². The highest BCUT2D eigenvalue weighted by molar-refractivity contribution is 7.17. The van der Waals surface area contributed by atoms with Crippen LogP contribution >= 0.6 is 23.7 Å². The fourth-order valence-electron chi connectivity index (χ4n) is 3.62. The molecule has 4 rings (SSSR count). The van der Waals surface area contributed by atoms with E-state index < -0.39 is 0 Å². The number of carbonyl (C=O) groups is 1. The molecule has 1 aromatic heterocycles. The molecule has 1 aromatic carbocycles. The van der Waals surface area contributed by atoms with E-state index in [1.165, 1.54) is 28.0 Å². The minimum absolute atomic E-state index is 0. The van der Waals surface area contributed by atoms with Gasteiger partial charge in [0.05, 0.1) is 4.88 Å². The van der Waals surface area contributed by atoms with Crippen LogP contribution in [0.1, 0.15) is 33.6 Å². The van der Waals surface area contributed by atoms with Gasteiger partial charge in [0.25, 0.3) is 5.91 Å². The van der Waals surface area contributed by atoms with Gasteiger partial charge in [-0.2, -0.15) is 0 Å². The van der Waals surface area contributed by atoms with E-state index in [4.69, 9.17) is 0 Å². The third-order valence-electron chi connectivity index (χ3n) is 4.96. The first-order valence-electron chi connectivity index (χ1n) is 8.51. The topological polar surface area (TPSA) is 41.1 Å². The maximum atomic E-state index is 12.4. The van der Waals surface area contributed by atoms with Crippen molar-refractivity contribution in [1.29, 1.82) is 0 Å². The lowest BCUT2D eigenvalue weighted by Gasteiger charge is -2.15. The third-order valence-corrected chi connectivity index (χ3v) is 6.17. The Balaban J connectivity index is 0.00000169. The molecule has 0 bridgehead atoms. The monoisotopic (exact) mass is 362 g/mol. The van der Waals surface area contributed by atoms with Crippen LogP contribution in [0.2, 0.25) is 0 Å². The SMILES string of the molecule is Cl.O=C(NCCC1CCNC1)c1cc2c(s1)-c1ccccc1CC2. The van der Waals surface area contributed by atoms with E-state index in [2.05, 4.69) is 41.0 Å². The van der Waals surface area contributed by atoms with Crippen molar-refractivity contribution in [3.05, 3.63) is 46.3 Å².